The zero-order chi connectivity index (χ0) is 38.2. The van der Waals surface area contributed by atoms with E-state index >= 15 is 0 Å². The first kappa shape index (κ1) is 32.7. The van der Waals surface area contributed by atoms with Gasteiger partial charge in [0.15, 0.2) is 0 Å². The first-order valence-corrected chi connectivity index (χ1v) is 20.2. The van der Waals surface area contributed by atoms with E-state index in [1.54, 1.807) is 0 Å². The summed E-state index contributed by atoms with van der Waals surface area (Å²) in [6.07, 6.45) is 0. The highest BCUT2D eigenvalue weighted by atomic mass is 14.3. The lowest BCUT2D eigenvalue weighted by Gasteiger charge is -2.23. The number of benzene rings is 12. The molecule has 0 nitrogen and oxygen atoms in total. The summed E-state index contributed by atoms with van der Waals surface area (Å²) in [6.45, 7) is 0. The van der Waals surface area contributed by atoms with Crippen LogP contribution in [0.2, 0.25) is 0 Å². The van der Waals surface area contributed by atoms with E-state index in [-0.39, 0.29) is 0 Å². The fourth-order valence-corrected chi connectivity index (χ4v) is 9.96. The van der Waals surface area contributed by atoms with Crippen LogP contribution in [0, 0.1) is 0 Å². The zero-order valence-electron chi connectivity index (χ0n) is 31.8. The molecular formula is C58H36. The quantitative estimate of drug-likeness (QED) is 0.122. The molecule has 12 rings (SSSR count). The molecule has 0 heteroatoms. The first-order chi connectivity index (χ1) is 28.8. The molecule has 0 radical (unpaired) electrons. The van der Waals surface area contributed by atoms with Gasteiger partial charge in [0.25, 0.3) is 0 Å². The molecule has 12 aromatic carbocycles. The molecule has 0 N–H and O–H groups in total. The Kier molecular flexibility index (Phi) is 7.33. The summed E-state index contributed by atoms with van der Waals surface area (Å²) in [5, 5.41) is 15.6. The molecule has 0 aromatic heterocycles. The van der Waals surface area contributed by atoms with Crippen LogP contribution in [0.15, 0.2) is 218 Å². The van der Waals surface area contributed by atoms with Crippen LogP contribution in [0.3, 0.4) is 0 Å². The molecule has 0 aliphatic carbocycles. The highest BCUT2D eigenvalue weighted by molar-refractivity contribution is 6.45. The van der Waals surface area contributed by atoms with Crippen molar-refractivity contribution < 1.29 is 0 Å². The average Bonchev–Trinajstić information content (AvgIpc) is 3.30. The van der Waals surface area contributed by atoms with Crippen molar-refractivity contribution in [2.45, 2.75) is 0 Å². The van der Waals surface area contributed by atoms with E-state index in [0.29, 0.717) is 0 Å². The van der Waals surface area contributed by atoms with Gasteiger partial charge in [-0.05, 0) is 138 Å². The lowest BCUT2D eigenvalue weighted by atomic mass is 9.79. The van der Waals surface area contributed by atoms with Crippen LogP contribution in [0.25, 0.3) is 120 Å². The topological polar surface area (TPSA) is 0 Å². The lowest BCUT2D eigenvalue weighted by Crippen LogP contribution is -1.95. The lowest BCUT2D eigenvalue weighted by molar-refractivity contribution is 1.58. The minimum Gasteiger partial charge on any atom is -0.0622 e. The van der Waals surface area contributed by atoms with Gasteiger partial charge in [-0.1, -0.05) is 200 Å². The van der Waals surface area contributed by atoms with Crippen LogP contribution < -0.4 is 0 Å². The van der Waals surface area contributed by atoms with Crippen LogP contribution >= 0.6 is 0 Å². The molecule has 12 aromatic rings. The van der Waals surface area contributed by atoms with Crippen molar-refractivity contribution in [3.8, 4) is 55.6 Å². The Balaban J connectivity index is 1.26. The van der Waals surface area contributed by atoms with Gasteiger partial charge in [-0.3, -0.25) is 0 Å². The molecule has 0 spiro atoms. The van der Waals surface area contributed by atoms with Gasteiger partial charge in [0, 0.05) is 0 Å². The fraction of sp³-hybridized carbons (Fsp3) is 0. The molecule has 0 fully saturated rings. The molecule has 0 aliphatic heterocycles. The van der Waals surface area contributed by atoms with E-state index in [2.05, 4.69) is 218 Å². The predicted octanol–water partition coefficient (Wildman–Crippen LogP) is 16.4. The monoisotopic (exact) mass is 732 g/mol. The standard InChI is InChI=1S/C58H36/c1-4-18-37(19-5-1)40-34-41(38-20-6-2-7-21-38)36-42(35-40)53-45-26-12-14-28-49(45)57-55-47(30-16-32-51(53)55)48-31-17-33-52-54(46-27-13-15-29-50(46)58(57)56(48)52)44-25-11-10-24-43(44)39-22-8-3-9-23-39/h1-36H. The maximum absolute atomic E-state index is 2.40. The zero-order valence-corrected chi connectivity index (χ0v) is 31.8. The van der Waals surface area contributed by atoms with Crippen LogP contribution in [0.4, 0.5) is 0 Å². The molecule has 0 heterocycles. The third kappa shape index (κ3) is 4.89. The maximum atomic E-state index is 2.40. The third-order valence-corrected chi connectivity index (χ3v) is 12.4. The van der Waals surface area contributed by atoms with Crippen LogP contribution in [0.1, 0.15) is 0 Å². The van der Waals surface area contributed by atoms with E-state index in [1.165, 1.54) is 120 Å². The minimum atomic E-state index is 1.21. The van der Waals surface area contributed by atoms with Gasteiger partial charge in [-0.25, -0.2) is 0 Å². The van der Waals surface area contributed by atoms with E-state index in [9.17, 15) is 0 Å². The Morgan fingerprint density at radius 3 is 1.05 bits per heavy atom. The molecule has 58 heavy (non-hydrogen) atoms. The first-order valence-electron chi connectivity index (χ1n) is 20.2. The summed E-state index contributed by atoms with van der Waals surface area (Å²) in [4.78, 5) is 0. The van der Waals surface area contributed by atoms with Gasteiger partial charge in [-0.15, -0.1) is 0 Å². The van der Waals surface area contributed by atoms with Crippen molar-refractivity contribution in [2.75, 3.05) is 0 Å². The molecule has 268 valence electrons. The average molecular weight is 733 g/mol. The second-order valence-corrected chi connectivity index (χ2v) is 15.5. The normalized spacial score (nSPS) is 11.8. The predicted molar refractivity (Wildman–Crippen MR) is 250 cm³/mol. The van der Waals surface area contributed by atoms with Gasteiger partial charge in [0.05, 0.1) is 0 Å². The molecule has 0 saturated heterocycles. The van der Waals surface area contributed by atoms with Crippen LogP contribution in [-0.4, -0.2) is 0 Å². The van der Waals surface area contributed by atoms with Crippen molar-refractivity contribution in [1.82, 2.24) is 0 Å². The Morgan fingerprint density at radius 2 is 0.517 bits per heavy atom. The Morgan fingerprint density at radius 1 is 0.172 bits per heavy atom. The van der Waals surface area contributed by atoms with Gasteiger partial charge in [-0.2, -0.15) is 0 Å². The Hall–Kier alpha value is -7.54. The number of hydrogen-bond acceptors (Lipinski definition) is 0. The van der Waals surface area contributed by atoms with Crippen LogP contribution in [-0.2, 0) is 0 Å². The number of fused-ring (bicyclic) bond motifs is 6. The van der Waals surface area contributed by atoms with E-state index in [4.69, 9.17) is 0 Å². The summed E-state index contributed by atoms with van der Waals surface area (Å²) >= 11 is 0. The largest absolute Gasteiger partial charge is 0.0622 e. The van der Waals surface area contributed by atoms with Crippen molar-refractivity contribution in [3.05, 3.63) is 218 Å². The molecule has 0 amide bonds. The fourth-order valence-electron chi connectivity index (χ4n) is 9.96. The van der Waals surface area contributed by atoms with Gasteiger partial charge < -0.3 is 0 Å². The molecule has 0 unspecified atom stereocenters. The molecule has 0 bridgehead atoms. The van der Waals surface area contributed by atoms with E-state index < -0.39 is 0 Å². The summed E-state index contributed by atoms with van der Waals surface area (Å²) in [6, 6.07) is 80.7. The number of rotatable bonds is 5. The van der Waals surface area contributed by atoms with Gasteiger partial charge in [0.1, 0.15) is 0 Å². The highest BCUT2D eigenvalue weighted by Gasteiger charge is 2.24. The minimum absolute atomic E-state index is 1.21. The second-order valence-electron chi connectivity index (χ2n) is 15.5. The second kappa shape index (κ2) is 13.0. The van der Waals surface area contributed by atoms with Crippen molar-refractivity contribution in [2.24, 2.45) is 0 Å². The third-order valence-electron chi connectivity index (χ3n) is 12.4. The summed E-state index contributed by atoms with van der Waals surface area (Å²) in [5.74, 6) is 0. The van der Waals surface area contributed by atoms with Crippen molar-refractivity contribution >= 4 is 64.6 Å². The molecular weight excluding hydrogens is 697 g/mol. The number of hydrogen-bond donors (Lipinski definition) is 0. The molecule has 0 saturated carbocycles. The van der Waals surface area contributed by atoms with E-state index in [0.717, 1.165) is 0 Å². The maximum Gasteiger partial charge on any atom is -0.000740 e. The summed E-state index contributed by atoms with van der Waals surface area (Å²) in [7, 11) is 0. The summed E-state index contributed by atoms with van der Waals surface area (Å²) < 4.78 is 0. The van der Waals surface area contributed by atoms with Gasteiger partial charge >= 0.3 is 0 Å². The van der Waals surface area contributed by atoms with Gasteiger partial charge in [0.2, 0.25) is 0 Å². The van der Waals surface area contributed by atoms with E-state index in [1.807, 2.05) is 0 Å². The smallest absolute Gasteiger partial charge is 0.000740 e. The van der Waals surface area contributed by atoms with Crippen LogP contribution in [0.5, 0.6) is 0 Å². The Labute approximate surface area is 337 Å². The molecule has 0 atom stereocenters. The SMILES string of the molecule is c1ccc(-c2cc(-c3ccccc3)cc(-c3c4ccccc4c4c5c3cccc5c3cccc5c(-c6ccccc6-c6ccccc6)c6ccccc6c4c53)c2)cc1. The summed E-state index contributed by atoms with van der Waals surface area (Å²) in [5.41, 5.74) is 12.4. The highest BCUT2D eigenvalue weighted by Crippen LogP contribution is 2.53. The Bertz CT molecular complexity index is 3470. The van der Waals surface area contributed by atoms with Crippen molar-refractivity contribution in [3.63, 3.8) is 0 Å². The van der Waals surface area contributed by atoms with Crippen molar-refractivity contribution in [1.29, 1.82) is 0 Å². The molecule has 0 aliphatic rings.